The molecular weight excluding hydrogens is 508 g/mol. The second-order valence-electron chi connectivity index (χ2n) is 5.29. The Bertz CT molecular complexity index is 945. The van der Waals surface area contributed by atoms with Gasteiger partial charge in [-0.3, -0.25) is 0 Å². The van der Waals surface area contributed by atoms with Gasteiger partial charge in [-0.25, -0.2) is 14.6 Å². The van der Waals surface area contributed by atoms with Gasteiger partial charge >= 0.3 is 0 Å². The van der Waals surface area contributed by atoms with Crippen LogP contribution in [0.4, 0.5) is 5.82 Å². The standard InChI is InChI=1S/C15H14BrClIN5O/c1-6-9(17)4-8(12(24-3)11(6)16)7(2)23-15-10(13(18)22-23)14(19)20-5-21-15/h4-5,7H,1-3H3,(H2,19,20,21). The van der Waals surface area contributed by atoms with Gasteiger partial charge in [-0.2, -0.15) is 5.10 Å². The average molecular weight is 523 g/mol. The van der Waals surface area contributed by atoms with Crippen molar-refractivity contribution in [2.24, 2.45) is 0 Å². The van der Waals surface area contributed by atoms with Gasteiger partial charge < -0.3 is 10.5 Å². The van der Waals surface area contributed by atoms with E-state index in [-0.39, 0.29) is 6.04 Å². The van der Waals surface area contributed by atoms with E-state index in [2.05, 4.69) is 53.6 Å². The zero-order chi connectivity index (χ0) is 17.6. The summed E-state index contributed by atoms with van der Waals surface area (Å²) in [6.45, 7) is 3.94. The van der Waals surface area contributed by atoms with E-state index in [0.29, 0.717) is 16.5 Å². The number of halogens is 3. The van der Waals surface area contributed by atoms with Crippen LogP contribution in [0.3, 0.4) is 0 Å². The first-order valence-corrected chi connectivity index (χ1v) is 9.28. The van der Waals surface area contributed by atoms with E-state index in [1.807, 2.05) is 24.6 Å². The lowest BCUT2D eigenvalue weighted by Crippen LogP contribution is -2.11. The number of fused-ring (bicyclic) bond motifs is 1. The van der Waals surface area contributed by atoms with Gasteiger partial charge in [0.05, 0.1) is 23.0 Å². The van der Waals surface area contributed by atoms with Gasteiger partial charge in [-0.05, 0) is 64.0 Å². The fourth-order valence-corrected chi connectivity index (χ4v) is 4.27. The molecule has 0 aliphatic rings. The molecule has 0 bridgehead atoms. The summed E-state index contributed by atoms with van der Waals surface area (Å²) in [5.41, 5.74) is 8.47. The first-order valence-electron chi connectivity index (χ1n) is 7.03. The third kappa shape index (κ3) is 2.74. The Morgan fingerprint density at radius 1 is 1.42 bits per heavy atom. The quantitative estimate of drug-likeness (QED) is 0.518. The Hall–Kier alpha value is -1.13. The van der Waals surface area contributed by atoms with Gasteiger partial charge in [0.2, 0.25) is 0 Å². The Morgan fingerprint density at radius 2 is 2.12 bits per heavy atom. The number of hydrogen-bond acceptors (Lipinski definition) is 5. The van der Waals surface area contributed by atoms with Gasteiger partial charge in [-0.1, -0.05) is 11.6 Å². The van der Waals surface area contributed by atoms with E-state index in [0.717, 1.165) is 30.4 Å². The van der Waals surface area contributed by atoms with Crippen molar-refractivity contribution in [3.63, 3.8) is 0 Å². The summed E-state index contributed by atoms with van der Waals surface area (Å²) in [6.07, 6.45) is 1.44. The molecule has 126 valence electrons. The Morgan fingerprint density at radius 3 is 2.79 bits per heavy atom. The third-order valence-corrected chi connectivity index (χ3v) is 6.03. The van der Waals surface area contributed by atoms with Crippen molar-refractivity contribution in [2.45, 2.75) is 19.9 Å². The average Bonchev–Trinajstić information content (AvgIpc) is 2.90. The molecule has 2 aromatic heterocycles. The van der Waals surface area contributed by atoms with Crippen molar-refractivity contribution in [1.29, 1.82) is 0 Å². The van der Waals surface area contributed by atoms with Crippen molar-refractivity contribution in [3.05, 3.63) is 36.7 Å². The zero-order valence-corrected chi connectivity index (χ0v) is 17.6. The Labute approximate surface area is 166 Å². The second kappa shape index (κ2) is 6.64. The lowest BCUT2D eigenvalue weighted by molar-refractivity contribution is 0.398. The molecule has 6 nitrogen and oxygen atoms in total. The predicted molar refractivity (Wildman–Crippen MR) is 107 cm³/mol. The number of ether oxygens (including phenoxy) is 1. The molecule has 0 saturated heterocycles. The minimum absolute atomic E-state index is 0.158. The minimum Gasteiger partial charge on any atom is -0.495 e. The smallest absolute Gasteiger partial charge is 0.165 e. The van der Waals surface area contributed by atoms with E-state index in [4.69, 9.17) is 22.1 Å². The molecule has 1 aromatic carbocycles. The summed E-state index contributed by atoms with van der Waals surface area (Å²) in [5.74, 6) is 1.14. The van der Waals surface area contributed by atoms with Gasteiger partial charge in [0.25, 0.3) is 0 Å². The first-order chi connectivity index (χ1) is 11.4. The van der Waals surface area contributed by atoms with Gasteiger partial charge in [-0.15, -0.1) is 0 Å². The summed E-state index contributed by atoms with van der Waals surface area (Å²) in [7, 11) is 1.63. The van der Waals surface area contributed by atoms with E-state index in [1.165, 1.54) is 6.33 Å². The highest BCUT2D eigenvalue weighted by molar-refractivity contribution is 14.1. The molecule has 2 heterocycles. The lowest BCUT2D eigenvalue weighted by atomic mass is 10.0. The topological polar surface area (TPSA) is 78.9 Å². The molecule has 0 radical (unpaired) electrons. The van der Waals surface area contributed by atoms with Crippen LogP contribution in [0, 0.1) is 10.6 Å². The number of hydrogen-bond donors (Lipinski definition) is 1. The van der Waals surface area contributed by atoms with Gasteiger partial charge in [0, 0.05) is 10.6 Å². The molecule has 0 aliphatic heterocycles. The Kier molecular flexibility index (Phi) is 4.89. The number of rotatable bonds is 3. The summed E-state index contributed by atoms with van der Waals surface area (Å²) in [6, 6.07) is 1.74. The van der Waals surface area contributed by atoms with E-state index in [9.17, 15) is 0 Å². The molecule has 0 spiro atoms. The van der Waals surface area contributed by atoms with Crippen LogP contribution in [0.2, 0.25) is 5.02 Å². The highest BCUT2D eigenvalue weighted by Crippen LogP contribution is 2.41. The Balaban J connectivity index is 2.24. The largest absolute Gasteiger partial charge is 0.495 e. The summed E-state index contributed by atoms with van der Waals surface area (Å²) < 4.78 is 8.99. The number of aromatic nitrogens is 4. The molecular formula is C15H14BrClIN5O. The molecule has 1 unspecified atom stereocenters. The van der Waals surface area contributed by atoms with Crippen molar-refractivity contribution < 1.29 is 4.74 Å². The normalized spacial score (nSPS) is 12.6. The van der Waals surface area contributed by atoms with Crippen LogP contribution in [0.15, 0.2) is 16.9 Å². The van der Waals surface area contributed by atoms with Crippen LogP contribution in [0.1, 0.15) is 24.1 Å². The van der Waals surface area contributed by atoms with Gasteiger partial charge in [0.1, 0.15) is 21.6 Å². The monoisotopic (exact) mass is 521 g/mol. The number of nitrogen functional groups attached to an aromatic ring is 1. The molecule has 2 N–H and O–H groups in total. The molecule has 0 aliphatic carbocycles. The van der Waals surface area contributed by atoms with Crippen LogP contribution in [-0.4, -0.2) is 26.9 Å². The third-order valence-electron chi connectivity index (χ3n) is 3.93. The minimum atomic E-state index is -0.158. The van der Waals surface area contributed by atoms with E-state index < -0.39 is 0 Å². The van der Waals surface area contributed by atoms with Crippen molar-refractivity contribution in [3.8, 4) is 5.75 Å². The number of nitrogens with two attached hydrogens (primary N) is 1. The summed E-state index contributed by atoms with van der Waals surface area (Å²) in [5, 5.41) is 6.00. The fourth-order valence-electron chi connectivity index (χ4n) is 2.58. The molecule has 3 rings (SSSR count). The first kappa shape index (κ1) is 17.7. The molecule has 1 atom stereocenters. The highest BCUT2D eigenvalue weighted by atomic mass is 127. The molecule has 24 heavy (non-hydrogen) atoms. The maximum Gasteiger partial charge on any atom is 0.165 e. The zero-order valence-electron chi connectivity index (χ0n) is 13.1. The van der Waals surface area contributed by atoms with Crippen molar-refractivity contribution in [1.82, 2.24) is 19.7 Å². The number of methoxy groups -OCH3 is 1. The molecule has 9 heteroatoms. The maximum absolute atomic E-state index is 6.37. The molecule has 3 aromatic rings. The van der Waals surface area contributed by atoms with E-state index in [1.54, 1.807) is 7.11 Å². The molecule has 0 saturated carbocycles. The van der Waals surface area contributed by atoms with Gasteiger partial charge in [0.15, 0.2) is 5.65 Å². The van der Waals surface area contributed by atoms with Crippen LogP contribution >= 0.6 is 50.1 Å². The number of anilines is 1. The lowest BCUT2D eigenvalue weighted by Gasteiger charge is -2.19. The molecule has 0 amide bonds. The summed E-state index contributed by atoms with van der Waals surface area (Å²) in [4.78, 5) is 8.39. The maximum atomic E-state index is 6.37. The fraction of sp³-hybridized carbons (Fsp3) is 0.267. The molecule has 0 fully saturated rings. The number of nitrogens with zero attached hydrogens (tertiary/aromatic N) is 4. The summed E-state index contributed by atoms with van der Waals surface area (Å²) >= 11 is 12.1. The predicted octanol–water partition coefficient (Wildman–Crippen LogP) is 4.36. The SMILES string of the molecule is COc1c(C(C)n2nc(I)c3c(N)ncnc32)cc(Cl)c(C)c1Br. The van der Waals surface area contributed by atoms with Crippen LogP contribution in [0.5, 0.6) is 5.75 Å². The highest BCUT2D eigenvalue weighted by Gasteiger charge is 2.23. The van der Waals surface area contributed by atoms with Crippen molar-refractivity contribution in [2.75, 3.05) is 12.8 Å². The van der Waals surface area contributed by atoms with Crippen LogP contribution < -0.4 is 10.5 Å². The number of benzene rings is 1. The van der Waals surface area contributed by atoms with Crippen molar-refractivity contribution >= 4 is 67.0 Å². The second-order valence-corrected chi connectivity index (χ2v) is 7.51. The van der Waals surface area contributed by atoms with Crippen LogP contribution in [-0.2, 0) is 0 Å². The van der Waals surface area contributed by atoms with E-state index >= 15 is 0 Å². The van der Waals surface area contributed by atoms with Crippen LogP contribution in [0.25, 0.3) is 11.0 Å².